The number of hydrogen-bond donors (Lipinski definition) is 2. The molecule has 2 unspecified atom stereocenters. The molecule has 1 aromatic carbocycles. The Morgan fingerprint density at radius 1 is 1.17 bits per heavy atom. The highest BCUT2D eigenvalue weighted by molar-refractivity contribution is 5.79. The summed E-state index contributed by atoms with van der Waals surface area (Å²) < 4.78 is 16.1. The molecular weight excluding hydrogens is 307 g/mol. The number of aliphatic hydroxyl groups excluding tert-OH is 1. The Hall–Kier alpha value is -2.79. The van der Waals surface area contributed by atoms with E-state index in [1.807, 2.05) is 18.2 Å². The van der Waals surface area contributed by atoms with Crippen LogP contribution in [-0.4, -0.2) is 22.1 Å². The van der Waals surface area contributed by atoms with E-state index in [9.17, 15) is 9.90 Å². The summed E-state index contributed by atoms with van der Waals surface area (Å²) in [4.78, 5) is 15.3. The molecule has 3 rings (SSSR count). The van der Waals surface area contributed by atoms with Crippen LogP contribution in [0.25, 0.3) is 5.57 Å². The Balaban J connectivity index is 2.13. The Morgan fingerprint density at radius 2 is 1.83 bits per heavy atom. The van der Waals surface area contributed by atoms with E-state index >= 15 is 4.39 Å². The van der Waals surface area contributed by atoms with Crippen molar-refractivity contribution in [3.63, 3.8) is 0 Å². The molecule has 0 bridgehead atoms. The number of allylic oxidation sites excluding steroid dienone is 2. The summed E-state index contributed by atoms with van der Waals surface area (Å²) in [5, 5.41) is 13.3. The molecule has 0 saturated heterocycles. The third kappa shape index (κ3) is 2.74. The second-order valence-electron chi connectivity index (χ2n) is 5.60. The van der Waals surface area contributed by atoms with Crippen LogP contribution in [-0.2, 0) is 10.5 Å². The van der Waals surface area contributed by atoms with Gasteiger partial charge in [0.1, 0.15) is 6.10 Å². The number of pyridine rings is 1. The van der Waals surface area contributed by atoms with Crippen molar-refractivity contribution in [3.05, 3.63) is 83.8 Å². The molecular formula is C19H17FN2O2. The summed E-state index contributed by atoms with van der Waals surface area (Å²) in [6.07, 6.45) is 4.57. The number of halogens is 1. The fourth-order valence-electron chi connectivity index (χ4n) is 2.86. The van der Waals surface area contributed by atoms with E-state index in [1.54, 1.807) is 18.2 Å². The number of amides is 1. The molecule has 0 radical (unpaired) electrons. The van der Waals surface area contributed by atoms with Crippen molar-refractivity contribution in [1.29, 1.82) is 0 Å². The Labute approximate surface area is 139 Å². The number of aliphatic hydroxyl groups is 1. The van der Waals surface area contributed by atoms with Gasteiger partial charge in [0.25, 0.3) is 0 Å². The summed E-state index contributed by atoms with van der Waals surface area (Å²) >= 11 is 0. The summed E-state index contributed by atoms with van der Waals surface area (Å²) in [5.74, 6) is -0.402. The molecule has 0 spiro atoms. The topological polar surface area (TPSA) is 62.2 Å². The van der Waals surface area contributed by atoms with E-state index in [0.29, 0.717) is 5.57 Å². The van der Waals surface area contributed by atoms with E-state index in [1.165, 1.54) is 37.5 Å². The second-order valence-corrected chi connectivity index (χ2v) is 5.60. The van der Waals surface area contributed by atoms with Crippen LogP contribution < -0.4 is 5.32 Å². The van der Waals surface area contributed by atoms with Crippen molar-refractivity contribution >= 4 is 11.5 Å². The molecule has 0 saturated carbocycles. The van der Waals surface area contributed by atoms with Gasteiger partial charge in [-0.05, 0) is 29.3 Å². The zero-order chi connectivity index (χ0) is 17.2. The molecule has 24 heavy (non-hydrogen) atoms. The van der Waals surface area contributed by atoms with Crippen molar-refractivity contribution in [2.24, 2.45) is 0 Å². The van der Waals surface area contributed by atoms with E-state index < -0.39 is 17.7 Å². The van der Waals surface area contributed by atoms with Crippen molar-refractivity contribution in [2.45, 2.75) is 18.7 Å². The lowest BCUT2D eigenvalue weighted by Crippen LogP contribution is -2.45. The summed E-state index contributed by atoms with van der Waals surface area (Å²) in [6, 6.07) is 12.1. The van der Waals surface area contributed by atoms with Gasteiger partial charge in [-0.3, -0.25) is 9.78 Å². The molecule has 122 valence electrons. The molecule has 0 aliphatic heterocycles. The van der Waals surface area contributed by atoms with Gasteiger partial charge in [0.15, 0.2) is 0 Å². The van der Waals surface area contributed by atoms with E-state index in [-0.39, 0.29) is 11.3 Å². The molecule has 4 nitrogen and oxygen atoms in total. The van der Waals surface area contributed by atoms with Crippen molar-refractivity contribution in [1.82, 2.24) is 10.3 Å². The minimum absolute atomic E-state index is 0.00776. The summed E-state index contributed by atoms with van der Waals surface area (Å²) in [6.45, 7) is 1.30. The fraction of sp³-hybridized carbons (Fsp3) is 0.158. The first-order valence-corrected chi connectivity index (χ1v) is 7.56. The number of hydrogen-bond acceptors (Lipinski definition) is 3. The standard InChI is InChI=1S/C19H17FN2O2/c1-13(23)22-17-8-7-16(14-5-3-2-4-6-14)18(24)19(17,20)15-9-11-21-12-10-15/h2-12,18,24H,1H3,(H,22,23). The predicted octanol–water partition coefficient (Wildman–Crippen LogP) is 2.72. The van der Waals surface area contributed by atoms with Crippen LogP contribution in [0.5, 0.6) is 0 Å². The maximum atomic E-state index is 16.1. The maximum Gasteiger partial charge on any atom is 0.221 e. The van der Waals surface area contributed by atoms with Gasteiger partial charge >= 0.3 is 0 Å². The molecule has 2 atom stereocenters. The van der Waals surface area contributed by atoms with Crippen LogP contribution in [0.3, 0.4) is 0 Å². The average molecular weight is 324 g/mol. The average Bonchev–Trinajstić information content (AvgIpc) is 2.60. The lowest BCUT2D eigenvalue weighted by molar-refractivity contribution is -0.119. The SMILES string of the molecule is CC(=O)NC1=CC=C(c2ccccc2)C(O)C1(F)c1ccncc1. The first kappa shape index (κ1) is 16.1. The molecule has 1 amide bonds. The van der Waals surface area contributed by atoms with Crippen LogP contribution in [0.15, 0.2) is 72.7 Å². The van der Waals surface area contributed by atoms with Crippen LogP contribution >= 0.6 is 0 Å². The third-order valence-electron chi connectivity index (χ3n) is 4.01. The largest absolute Gasteiger partial charge is 0.384 e. The molecule has 2 N–H and O–H groups in total. The molecule has 0 fully saturated rings. The number of nitrogens with zero attached hydrogens (tertiary/aromatic N) is 1. The number of nitrogens with one attached hydrogen (secondary N) is 1. The van der Waals surface area contributed by atoms with Gasteiger partial charge in [0.05, 0.1) is 5.70 Å². The highest BCUT2D eigenvalue weighted by Crippen LogP contribution is 2.44. The van der Waals surface area contributed by atoms with Gasteiger partial charge in [-0.25, -0.2) is 4.39 Å². The summed E-state index contributed by atoms with van der Waals surface area (Å²) in [7, 11) is 0. The number of carbonyl (C=O) groups is 1. The van der Waals surface area contributed by atoms with Crippen LogP contribution in [0, 0.1) is 0 Å². The van der Waals surface area contributed by atoms with Gasteiger partial charge in [-0.1, -0.05) is 36.4 Å². The van der Waals surface area contributed by atoms with Crippen LogP contribution in [0.4, 0.5) is 4.39 Å². The molecule has 1 aliphatic carbocycles. The number of carbonyl (C=O) groups excluding carboxylic acids is 1. The highest BCUT2D eigenvalue weighted by Gasteiger charge is 2.47. The van der Waals surface area contributed by atoms with Gasteiger partial charge in [-0.15, -0.1) is 0 Å². The lowest BCUT2D eigenvalue weighted by Gasteiger charge is -2.37. The quantitative estimate of drug-likeness (QED) is 0.912. The first-order chi connectivity index (χ1) is 11.5. The van der Waals surface area contributed by atoms with Gasteiger partial charge < -0.3 is 10.4 Å². The van der Waals surface area contributed by atoms with Gasteiger partial charge in [0.2, 0.25) is 11.6 Å². The second kappa shape index (κ2) is 6.37. The zero-order valence-corrected chi connectivity index (χ0v) is 13.1. The van der Waals surface area contributed by atoms with Gasteiger partial charge in [0, 0.05) is 24.9 Å². The molecule has 2 aromatic rings. The minimum atomic E-state index is -2.27. The fourth-order valence-corrected chi connectivity index (χ4v) is 2.86. The molecule has 5 heteroatoms. The zero-order valence-electron chi connectivity index (χ0n) is 13.1. The number of rotatable bonds is 3. The minimum Gasteiger partial charge on any atom is -0.384 e. The number of alkyl halides is 1. The molecule has 1 aliphatic rings. The predicted molar refractivity (Wildman–Crippen MR) is 89.3 cm³/mol. The molecule has 1 aromatic heterocycles. The summed E-state index contributed by atoms with van der Waals surface area (Å²) in [5.41, 5.74) is -0.864. The van der Waals surface area contributed by atoms with E-state index in [0.717, 1.165) is 5.56 Å². The third-order valence-corrected chi connectivity index (χ3v) is 4.01. The van der Waals surface area contributed by atoms with Crippen molar-refractivity contribution < 1.29 is 14.3 Å². The Bertz CT molecular complexity index is 803. The Kier molecular flexibility index (Phi) is 4.27. The Morgan fingerprint density at radius 3 is 2.46 bits per heavy atom. The molecule has 1 heterocycles. The maximum absolute atomic E-state index is 16.1. The van der Waals surface area contributed by atoms with Crippen LogP contribution in [0.1, 0.15) is 18.1 Å². The normalized spacial score (nSPS) is 23.2. The highest BCUT2D eigenvalue weighted by atomic mass is 19.1. The number of aromatic nitrogens is 1. The van der Waals surface area contributed by atoms with E-state index in [4.69, 9.17) is 0 Å². The smallest absolute Gasteiger partial charge is 0.221 e. The van der Waals surface area contributed by atoms with Crippen molar-refractivity contribution in [3.8, 4) is 0 Å². The monoisotopic (exact) mass is 324 g/mol. The van der Waals surface area contributed by atoms with Crippen LogP contribution in [0.2, 0.25) is 0 Å². The van der Waals surface area contributed by atoms with Gasteiger partial charge in [-0.2, -0.15) is 0 Å². The lowest BCUT2D eigenvalue weighted by atomic mass is 9.78. The van der Waals surface area contributed by atoms with E-state index in [2.05, 4.69) is 10.3 Å². The number of benzene rings is 1. The van der Waals surface area contributed by atoms with Crippen molar-refractivity contribution in [2.75, 3.05) is 0 Å². The first-order valence-electron chi connectivity index (χ1n) is 7.56.